The summed E-state index contributed by atoms with van der Waals surface area (Å²) in [6.45, 7) is 6.33. The predicted octanol–water partition coefficient (Wildman–Crippen LogP) is 30.4. The normalized spacial score (nSPS) is 11.8. The standard InChI is InChI=1S/C46H29N3.C36H25N3.C35H23N3/c1-3-9-30(10-4-1)34-18-23-43-41(28-34)42-29-35(31-11-5-2-6-12-31)19-24-44(42)49(43)36-20-15-32(16-21-36)33-17-22-39-40(27-33)37-13-7-8-14-38(37)45-46(39)48-26-25-47-45;1-22-7-15-33-31(19-22)32-20-23(2)8-16-34(32)39(33)26-12-9-24(10-13-26)25-11-14-29-30(21-25)27-5-3-4-6-28(27)35-36(29)38-18-17-37-35;1-22-21-36-34-29-14-3-2-11-26(29)31-20-24(17-18-30(31)35(34)37-22)23-9-8-10-25(19-23)38-32-15-6-4-12-27(32)28-13-5-7-16-33(28)38/h1-29H;3-21H,1-2H3;2-21H,1H3. The van der Waals surface area contributed by atoms with Crippen molar-refractivity contribution in [3.8, 4) is 72.7 Å². The monoisotopic (exact) mass is 1610 g/mol. The molecule has 26 rings (SSSR count). The Hall–Kier alpha value is -16.6. The largest absolute Gasteiger partial charge is 0.309 e. The van der Waals surface area contributed by atoms with E-state index in [-0.39, 0.29) is 0 Å². The summed E-state index contributed by atoms with van der Waals surface area (Å²) in [6.07, 6.45) is 8.96. The summed E-state index contributed by atoms with van der Waals surface area (Å²) in [7, 11) is 0. The van der Waals surface area contributed by atoms with Crippen molar-refractivity contribution in [3.63, 3.8) is 0 Å². The first-order chi connectivity index (χ1) is 62.2. The third-order valence-electron chi connectivity index (χ3n) is 25.5. The maximum atomic E-state index is 4.90. The van der Waals surface area contributed by atoms with Crippen molar-refractivity contribution in [2.75, 3.05) is 0 Å². The fraction of sp³-hybridized carbons (Fsp3) is 0.0256. The Kier molecular flexibility index (Phi) is 17.4. The van der Waals surface area contributed by atoms with E-state index in [0.717, 1.165) is 82.5 Å². The Balaban J connectivity index is 0.000000107. The number of para-hydroxylation sites is 2. The molecule has 0 aliphatic rings. The first-order valence-corrected chi connectivity index (χ1v) is 42.9. The lowest BCUT2D eigenvalue weighted by Gasteiger charge is -2.13. The Morgan fingerprint density at radius 2 is 0.444 bits per heavy atom. The highest BCUT2D eigenvalue weighted by Crippen LogP contribution is 2.44. The minimum atomic E-state index is 0.928. The van der Waals surface area contributed by atoms with E-state index in [4.69, 9.17) is 24.9 Å². The molecule has 6 heterocycles. The van der Waals surface area contributed by atoms with Crippen molar-refractivity contribution in [3.05, 3.63) is 430 Å². The molecule has 0 N–H and O–H groups in total. The molecule has 9 heteroatoms. The molecule has 9 nitrogen and oxygen atoms in total. The summed E-state index contributed by atoms with van der Waals surface area (Å²) in [5.74, 6) is 0. The smallest absolute Gasteiger partial charge is 0.0974 e. The van der Waals surface area contributed by atoms with E-state index in [2.05, 4.69) is 415 Å². The van der Waals surface area contributed by atoms with E-state index in [1.54, 1.807) is 24.8 Å². The van der Waals surface area contributed by atoms with Crippen LogP contribution < -0.4 is 0 Å². The molecule has 20 aromatic carbocycles. The fourth-order valence-electron chi connectivity index (χ4n) is 19.6. The van der Waals surface area contributed by atoms with Gasteiger partial charge in [-0.2, -0.15) is 0 Å². The average molecular weight is 1610 g/mol. The molecule has 0 saturated carbocycles. The summed E-state index contributed by atoms with van der Waals surface area (Å²) < 4.78 is 7.15. The Bertz CT molecular complexity index is 8660. The molecule has 0 aliphatic heterocycles. The summed E-state index contributed by atoms with van der Waals surface area (Å²) >= 11 is 0. The summed E-state index contributed by atoms with van der Waals surface area (Å²) in [4.78, 5) is 28.4. The van der Waals surface area contributed by atoms with Crippen LogP contribution in [0.25, 0.3) is 236 Å². The zero-order valence-corrected chi connectivity index (χ0v) is 69.3. The maximum absolute atomic E-state index is 4.90. The van der Waals surface area contributed by atoms with E-state index < -0.39 is 0 Å². The van der Waals surface area contributed by atoms with Gasteiger partial charge in [0.05, 0.1) is 71.9 Å². The lowest BCUT2D eigenvalue weighted by atomic mass is 9.95. The van der Waals surface area contributed by atoms with Crippen LogP contribution in [-0.2, 0) is 0 Å². The molecule has 0 bridgehead atoms. The highest BCUT2D eigenvalue weighted by atomic mass is 15.0. The summed E-state index contributed by atoms with van der Waals surface area (Å²) in [5, 5.41) is 21.6. The molecule has 126 heavy (non-hydrogen) atoms. The molecule has 0 radical (unpaired) electrons. The van der Waals surface area contributed by atoms with Crippen LogP contribution in [0, 0.1) is 20.8 Å². The van der Waals surface area contributed by atoms with Gasteiger partial charge in [-0.1, -0.05) is 278 Å². The molecule has 6 aromatic heterocycles. The molecule has 0 fully saturated rings. The molecule has 0 unspecified atom stereocenters. The van der Waals surface area contributed by atoms with Gasteiger partial charge in [-0.3, -0.25) is 24.9 Å². The number of aromatic nitrogens is 9. The van der Waals surface area contributed by atoms with E-state index in [1.165, 1.54) is 170 Å². The van der Waals surface area contributed by atoms with Gasteiger partial charge < -0.3 is 13.7 Å². The van der Waals surface area contributed by atoms with Gasteiger partial charge in [-0.15, -0.1) is 0 Å². The molecule has 0 amide bonds. The van der Waals surface area contributed by atoms with Crippen LogP contribution in [0.15, 0.2) is 413 Å². The van der Waals surface area contributed by atoms with Gasteiger partial charge in [0.1, 0.15) is 0 Å². The fourth-order valence-corrected chi connectivity index (χ4v) is 19.6. The van der Waals surface area contributed by atoms with Gasteiger partial charge in [0.25, 0.3) is 0 Å². The van der Waals surface area contributed by atoms with Crippen molar-refractivity contribution in [2.45, 2.75) is 20.8 Å². The molecular formula is C117H77N9. The SMILES string of the molecule is Cc1ccc2c(c1)c1cc(C)ccc1n2-c1ccc(-c2ccc3c(c2)c2ccccc2c2nccnc32)cc1.Cc1cnc2c3ccccc3c3cc(-c4cccc(-n5c6ccccc6c6ccccc65)c4)ccc3c2n1.c1ccc(-c2ccc3c(c2)c2cc(-c4ccccc4)ccc2n3-c2ccc(-c3ccc4c(c3)c3ccccc3c3nccnc43)cc2)cc1. The lowest BCUT2D eigenvalue weighted by molar-refractivity contribution is 1.18. The van der Waals surface area contributed by atoms with Crippen LogP contribution in [0.4, 0.5) is 0 Å². The molecular weight excluding hydrogens is 1530 g/mol. The van der Waals surface area contributed by atoms with Crippen molar-refractivity contribution < 1.29 is 0 Å². The second-order valence-corrected chi connectivity index (χ2v) is 33.1. The molecule has 590 valence electrons. The number of nitrogens with zero attached hydrogens (tertiary/aromatic N) is 9. The zero-order chi connectivity index (χ0) is 83.6. The van der Waals surface area contributed by atoms with E-state index >= 15 is 0 Å². The summed E-state index contributed by atoms with van der Waals surface area (Å²) in [6, 6.07) is 138. The minimum absolute atomic E-state index is 0.928. The highest BCUT2D eigenvalue weighted by Gasteiger charge is 2.22. The van der Waals surface area contributed by atoms with Crippen LogP contribution in [0.1, 0.15) is 16.8 Å². The van der Waals surface area contributed by atoms with Gasteiger partial charge in [-0.25, -0.2) is 4.98 Å². The highest BCUT2D eigenvalue weighted by molar-refractivity contribution is 6.26. The van der Waals surface area contributed by atoms with Gasteiger partial charge in [0.15, 0.2) is 0 Å². The third kappa shape index (κ3) is 12.3. The molecule has 0 saturated heterocycles. The number of fused-ring (bicyclic) bond motifs is 27. The van der Waals surface area contributed by atoms with E-state index in [9.17, 15) is 0 Å². The number of hydrogen-bond acceptors (Lipinski definition) is 6. The van der Waals surface area contributed by atoms with Crippen LogP contribution in [0.5, 0.6) is 0 Å². The van der Waals surface area contributed by atoms with Crippen LogP contribution in [-0.4, -0.2) is 43.6 Å². The van der Waals surface area contributed by atoms with Gasteiger partial charge in [0, 0.05) is 113 Å². The first-order valence-electron chi connectivity index (χ1n) is 42.9. The number of benzene rings is 20. The van der Waals surface area contributed by atoms with Gasteiger partial charge in [-0.05, 0) is 224 Å². The lowest BCUT2D eigenvalue weighted by Crippen LogP contribution is -1.94. The maximum Gasteiger partial charge on any atom is 0.0974 e. The Morgan fingerprint density at radius 1 is 0.167 bits per heavy atom. The van der Waals surface area contributed by atoms with Crippen LogP contribution in [0.3, 0.4) is 0 Å². The van der Waals surface area contributed by atoms with Crippen LogP contribution >= 0.6 is 0 Å². The van der Waals surface area contributed by atoms with E-state index in [1.807, 2.05) is 13.1 Å². The Labute approximate surface area is 725 Å². The average Bonchev–Trinajstić information content (AvgIpc) is 1.02. The number of hydrogen-bond donors (Lipinski definition) is 0. The minimum Gasteiger partial charge on any atom is -0.309 e. The molecule has 0 aliphatic carbocycles. The van der Waals surface area contributed by atoms with E-state index in [0.29, 0.717) is 0 Å². The van der Waals surface area contributed by atoms with Crippen molar-refractivity contribution in [1.29, 1.82) is 0 Å². The van der Waals surface area contributed by atoms with Crippen LogP contribution in [0.2, 0.25) is 0 Å². The number of aryl methyl sites for hydroxylation is 3. The topological polar surface area (TPSA) is 92.1 Å². The van der Waals surface area contributed by atoms with Gasteiger partial charge in [0.2, 0.25) is 0 Å². The molecule has 0 spiro atoms. The second-order valence-electron chi connectivity index (χ2n) is 33.1. The Morgan fingerprint density at radius 3 is 0.865 bits per heavy atom. The predicted molar refractivity (Wildman–Crippen MR) is 528 cm³/mol. The molecule has 26 aromatic rings. The van der Waals surface area contributed by atoms with Crippen molar-refractivity contribution in [2.24, 2.45) is 0 Å². The third-order valence-corrected chi connectivity index (χ3v) is 25.5. The quantitative estimate of drug-likeness (QED) is 0.141. The van der Waals surface area contributed by atoms with Gasteiger partial charge >= 0.3 is 0 Å². The second kappa shape index (κ2) is 29.9. The number of rotatable bonds is 8. The van der Waals surface area contributed by atoms with Crippen molar-refractivity contribution >= 4 is 163 Å². The first kappa shape index (κ1) is 73.3. The molecule has 0 atom stereocenters. The van der Waals surface area contributed by atoms with Crippen molar-refractivity contribution in [1.82, 2.24) is 43.6 Å². The summed E-state index contributed by atoms with van der Waals surface area (Å²) in [5.41, 5.74) is 31.9. The zero-order valence-electron chi connectivity index (χ0n) is 69.3.